The first-order valence-corrected chi connectivity index (χ1v) is 11.4. The monoisotopic (exact) mass is 459 g/mol. The molecule has 0 unspecified atom stereocenters. The highest BCUT2D eigenvalue weighted by Gasteiger charge is 2.29. The molecule has 0 saturated heterocycles. The van der Waals surface area contributed by atoms with Crippen molar-refractivity contribution in [3.8, 4) is 11.5 Å². The molecule has 0 spiro atoms. The number of sulfonamides is 1. The van der Waals surface area contributed by atoms with Gasteiger partial charge in [0.25, 0.3) is 15.9 Å². The zero-order chi connectivity index (χ0) is 22.3. The number of thiophene rings is 1. The van der Waals surface area contributed by atoms with Gasteiger partial charge >= 0.3 is 0 Å². The topological polar surface area (TPSA) is 97.3 Å². The van der Waals surface area contributed by atoms with Crippen LogP contribution in [-0.2, 0) is 14.8 Å². The minimum atomic E-state index is -4.07. The summed E-state index contributed by atoms with van der Waals surface area (Å²) in [6.45, 7) is -0.498. The Morgan fingerprint density at radius 2 is 1.87 bits per heavy atom. The smallest absolute Gasteiger partial charge is 0.264 e. The summed E-state index contributed by atoms with van der Waals surface area (Å²) in [4.78, 5) is 13.5. The number of amides is 1. The Balaban J connectivity index is 1.94. The molecule has 0 aliphatic heterocycles. The number of rotatable bonds is 9. The molecule has 0 radical (unpaired) electrons. The van der Waals surface area contributed by atoms with Crippen LogP contribution in [0.5, 0.6) is 11.5 Å². The quantitative estimate of drug-likeness (QED) is 0.392. The Labute approximate surface area is 184 Å². The summed E-state index contributed by atoms with van der Waals surface area (Å²) in [5, 5.41) is 5.78. The fourth-order valence-corrected chi connectivity index (χ4v) is 4.75. The fraction of sp³-hybridized carbons (Fsp3) is 0.143. The van der Waals surface area contributed by atoms with Crippen molar-refractivity contribution < 1.29 is 22.7 Å². The molecule has 0 fully saturated rings. The fourth-order valence-electron chi connectivity index (χ4n) is 2.71. The molecule has 0 bridgehead atoms. The number of nitrogens with zero attached hydrogens (tertiary/aromatic N) is 2. The van der Waals surface area contributed by atoms with Gasteiger partial charge in [0.2, 0.25) is 0 Å². The summed E-state index contributed by atoms with van der Waals surface area (Å²) < 4.78 is 38.3. The number of ether oxygens (including phenoxy) is 2. The average Bonchev–Trinajstić information content (AvgIpc) is 3.31. The molecule has 10 heteroatoms. The van der Waals surface area contributed by atoms with E-state index in [1.807, 2.05) is 17.5 Å². The number of hydrazone groups is 1. The average molecular weight is 460 g/mol. The molecule has 0 aliphatic rings. The van der Waals surface area contributed by atoms with Gasteiger partial charge in [0, 0.05) is 10.9 Å². The highest BCUT2D eigenvalue weighted by molar-refractivity contribution is 7.92. The number of carbonyl (C=O) groups is 1. The van der Waals surface area contributed by atoms with Gasteiger partial charge in [-0.25, -0.2) is 13.8 Å². The van der Waals surface area contributed by atoms with Crippen LogP contribution in [0.15, 0.2) is 76.0 Å². The standard InChI is InChI=1S/C21H21N3O5S2/c1-28-16-10-11-19(20(13-16)29-2)24(31(26,27)18-8-4-3-5-9-18)15-21(25)23-22-14-17-7-6-12-30-17/h3-14H,15H2,1-2H3,(H,23,25)/b22-14-. The molecule has 31 heavy (non-hydrogen) atoms. The summed E-state index contributed by atoms with van der Waals surface area (Å²) in [5.74, 6) is 0.126. The van der Waals surface area contributed by atoms with E-state index >= 15 is 0 Å². The largest absolute Gasteiger partial charge is 0.497 e. The maximum Gasteiger partial charge on any atom is 0.264 e. The van der Waals surface area contributed by atoms with Gasteiger partial charge in [-0.3, -0.25) is 9.10 Å². The SMILES string of the molecule is COc1ccc(N(CC(=O)N/N=C\c2cccs2)S(=O)(=O)c2ccccc2)c(OC)c1. The lowest BCUT2D eigenvalue weighted by Crippen LogP contribution is -2.39. The first kappa shape index (κ1) is 22.3. The Morgan fingerprint density at radius 1 is 1.10 bits per heavy atom. The molecular weight excluding hydrogens is 438 g/mol. The maximum absolute atomic E-state index is 13.4. The van der Waals surface area contributed by atoms with Crippen LogP contribution in [0.3, 0.4) is 0 Å². The van der Waals surface area contributed by atoms with Crippen molar-refractivity contribution in [1.29, 1.82) is 0 Å². The van der Waals surface area contributed by atoms with E-state index in [9.17, 15) is 13.2 Å². The molecule has 0 saturated carbocycles. The number of benzene rings is 2. The van der Waals surface area contributed by atoms with E-state index in [4.69, 9.17) is 9.47 Å². The first-order valence-electron chi connectivity index (χ1n) is 9.11. The molecule has 3 aromatic rings. The predicted molar refractivity (Wildman–Crippen MR) is 121 cm³/mol. The molecule has 1 heterocycles. The van der Waals surface area contributed by atoms with Crippen molar-refractivity contribution in [2.24, 2.45) is 5.10 Å². The molecular formula is C21H21N3O5S2. The van der Waals surface area contributed by atoms with Gasteiger partial charge in [0.15, 0.2) is 0 Å². The third kappa shape index (κ3) is 5.41. The van der Waals surface area contributed by atoms with Crippen LogP contribution in [0.25, 0.3) is 0 Å². The van der Waals surface area contributed by atoms with Gasteiger partial charge in [-0.2, -0.15) is 5.10 Å². The lowest BCUT2D eigenvalue weighted by Gasteiger charge is -2.25. The number of anilines is 1. The van der Waals surface area contributed by atoms with Crippen LogP contribution in [0.4, 0.5) is 5.69 Å². The third-order valence-electron chi connectivity index (χ3n) is 4.20. The minimum absolute atomic E-state index is 0.0442. The molecule has 0 aliphatic carbocycles. The zero-order valence-corrected chi connectivity index (χ0v) is 18.5. The summed E-state index contributed by atoms with van der Waals surface area (Å²) >= 11 is 1.46. The first-order chi connectivity index (χ1) is 15.0. The predicted octanol–water partition coefficient (Wildman–Crippen LogP) is 3.11. The van der Waals surface area contributed by atoms with E-state index in [2.05, 4.69) is 10.5 Å². The van der Waals surface area contributed by atoms with E-state index in [1.165, 1.54) is 50.0 Å². The Bertz CT molecular complexity index is 1150. The van der Waals surface area contributed by atoms with Gasteiger partial charge in [-0.05, 0) is 35.7 Å². The highest BCUT2D eigenvalue weighted by Crippen LogP contribution is 2.35. The number of hydrogen-bond acceptors (Lipinski definition) is 7. The number of nitrogens with one attached hydrogen (secondary N) is 1. The van der Waals surface area contributed by atoms with Crippen LogP contribution in [0, 0.1) is 0 Å². The van der Waals surface area contributed by atoms with Crippen molar-refractivity contribution >= 4 is 39.2 Å². The minimum Gasteiger partial charge on any atom is -0.497 e. The van der Waals surface area contributed by atoms with Crippen LogP contribution in [0.2, 0.25) is 0 Å². The van der Waals surface area contributed by atoms with Crippen molar-refractivity contribution in [2.45, 2.75) is 4.90 Å². The van der Waals surface area contributed by atoms with Crippen molar-refractivity contribution in [3.63, 3.8) is 0 Å². The summed E-state index contributed by atoms with van der Waals surface area (Å²) in [6, 6.07) is 16.2. The van der Waals surface area contributed by atoms with Crippen LogP contribution in [-0.4, -0.2) is 41.3 Å². The van der Waals surface area contributed by atoms with Gasteiger partial charge in [0.05, 0.1) is 31.0 Å². The molecule has 162 valence electrons. The summed E-state index contributed by atoms with van der Waals surface area (Å²) in [7, 11) is -1.16. The Kier molecular flexibility index (Phi) is 7.27. The van der Waals surface area contributed by atoms with E-state index in [0.717, 1.165) is 9.18 Å². The third-order valence-corrected chi connectivity index (χ3v) is 6.78. The molecule has 1 aromatic heterocycles. The molecule has 0 atom stereocenters. The number of hydrogen-bond donors (Lipinski definition) is 1. The van der Waals surface area contributed by atoms with E-state index in [1.54, 1.807) is 30.3 Å². The summed E-state index contributed by atoms with van der Waals surface area (Å²) in [6.07, 6.45) is 1.49. The maximum atomic E-state index is 13.4. The highest BCUT2D eigenvalue weighted by atomic mass is 32.2. The Hall–Kier alpha value is -3.37. The number of methoxy groups -OCH3 is 2. The van der Waals surface area contributed by atoms with E-state index in [0.29, 0.717) is 5.75 Å². The van der Waals surface area contributed by atoms with Crippen molar-refractivity contribution in [1.82, 2.24) is 5.43 Å². The molecule has 8 nitrogen and oxygen atoms in total. The molecule has 1 amide bonds. The second kappa shape index (κ2) is 10.1. The second-order valence-electron chi connectivity index (χ2n) is 6.17. The van der Waals surface area contributed by atoms with E-state index in [-0.39, 0.29) is 16.3 Å². The Morgan fingerprint density at radius 3 is 2.52 bits per heavy atom. The van der Waals surface area contributed by atoms with Crippen LogP contribution >= 0.6 is 11.3 Å². The van der Waals surface area contributed by atoms with Crippen LogP contribution < -0.4 is 19.2 Å². The molecule has 2 aromatic carbocycles. The lowest BCUT2D eigenvalue weighted by atomic mass is 10.2. The second-order valence-corrected chi connectivity index (χ2v) is 9.01. The van der Waals surface area contributed by atoms with Crippen molar-refractivity contribution in [3.05, 3.63) is 70.9 Å². The normalized spacial score (nSPS) is 11.3. The summed E-state index contributed by atoms with van der Waals surface area (Å²) in [5.41, 5.74) is 2.57. The van der Waals surface area contributed by atoms with Crippen LogP contribution in [0.1, 0.15) is 4.88 Å². The number of carbonyl (C=O) groups excluding carboxylic acids is 1. The molecule has 1 N–H and O–H groups in total. The van der Waals surface area contributed by atoms with Gasteiger partial charge < -0.3 is 9.47 Å². The molecule has 3 rings (SSSR count). The van der Waals surface area contributed by atoms with Gasteiger partial charge in [-0.1, -0.05) is 24.3 Å². The van der Waals surface area contributed by atoms with E-state index < -0.39 is 22.5 Å². The van der Waals surface area contributed by atoms with Gasteiger partial charge in [0.1, 0.15) is 18.0 Å². The zero-order valence-electron chi connectivity index (χ0n) is 16.9. The van der Waals surface area contributed by atoms with Crippen molar-refractivity contribution in [2.75, 3.05) is 25.1 Å². The van der Waals surface area contributed by atoms with Gasteiger partial charge in [-0.15, -0.1) is 11.3 Å². The lowest BCUT2D eigenvalue weighted by molar-refractivity contribution is -0.119.